The van der Waals surface area contributed by atoms with Gasteiger partial charge >= 0.3 is 0 Å². The molecule has 7 atom stereocenters. The lowest BCUT2D eigenvalue weighted by Crippen LogP contribution is -2.60. The lowest BCUT2D eigenvalue weighted by atomic mass is 9.99. The van der Waals surface area contributed by atoms with Crippen LogP contribution in [0, 0.1) is 0 Å². The van der Waals surface area contributed by atoms with E-state index < -0.39 is 49.5 Å². The largest absolute Gasteiger partial charge is 0.394 e. The van der Waals surface area contributed by atoms with Gasteiger partial charge in [0.1, 0.15) is 24.4 Å². The van der Waals surface area contributed by atoms with Crippen molar-refractivity contribution in [3.8, 4) is 0 Å². The number of carbonyl (C=O) groups excluding carboxylic acids is 1. The molecule has 294 valence electrons. The minimum absolute atomic E-state index is 0.189. The highest BCUT2D eigenvalue weighted by Gasteiger charge is 2.44. The first-order valence-corrected chi connectivity index (χ1v) is 20.6. The third-order valence-electron chi connectivity index (χ3n) is 9.78. The molecule has 50 heavy (non-hydrogen) atoms. The van der Waals surface area contributed by atoms with E-state index in [2.05, 4.69) is 31.3 Å². The summed E-state index contributed by atoms with van der Waals surface area (Å²) >= 11 is 0. The number of unbranched alkanes of at least 4 members (excludes halogenated alkanes) is 21. The van der Waals surface area contributed by atoms with Crippen LogP contribution in [-0.2, 0) is 14.3 Å². The first-order valence-electron chi connectivity index (χ1n) is 20.6. The van der Waals surface area contributed by atoms with Crippen LogP contribution in [0.2, 0.25) is 0 Å². The number of ether oxygens (including phenoxy) is 2. The van der Waals surface area contributed by atoms with Gasteiger partial charge in [0.2, 0.25) is 5.91 Å². The number of hydrogen-bond donors (Lipinski definition) is 6. The number of hydrogen-bond acceptors (Lipinski definition) is 8. The average molecular weight is 712 g/mol. The topological polar surface area (TPSA) is 149 Å². The number of aliphatic hydroxyl groups is 5. The van der Waals surface area contributed by atoms with E-state index in [0.717, 1.165) is 38.5 Å². The molecule has 1 rings (SSSR count). The van der Waals surface area contributed by atoms with Crippen LogP contribution in [0.4, 0.5) is 0 Å². The van der Waals surface area contributed by atoms with Crippen molar-refractivity contribution in [2.45, 2.75) is 217 Å². The maximum atomic E-state index is 12.9. The summed E-state index contributed by atoms with van der Waals surface area (Å²) in [5.74, 6) is -0.189. The SMILES string of the molecule is CCCCC/C=C/CC/C=C/[C@@H](O)[C@H](CO[C@H]1O[C@@H](CO)[C@H](O)C(O)C1O)NC(=O)CCCCCCCCCCCCCCCCCCCC. The Morgan fingerprint density at radius 1 is 0.660 bits per heavy atom. The molecule has 0 saturated carbocycles. The lowest BCUT2D eigenvalue weighted by Gasteiger charge is -2.40. The van der Waals surface area contributed by atoms with Gasteiger partial charge in [0.15, 0.2) is 6.29 Å². The number of carbonyl (C=O) groups is 1. The van der Waals surface area contributed by atoms with Crippen molar-refractivity contribution in [1.29, 1.82) is 0 Å². The number of rotatable bonds is 33. The lowest BCUT2D eigenvalue weighted by molar-refractivity contribution is -0.302. The van der Waals surface area contributed by atoms with E-state index in [4.69, 9.17) is 9.47 Å². The molecule has 0 aromatic heterocycles. The zero-order chi connectivity index (χ0) is 36.7. The predicted molar refractivity (Wildman–Crippen MR) is 203 cm³/mol. The van der Waals surface area contributed by atoms with Crippen LogP contribution in [0.15, 0.2) is 24.3 Å². The fourth-order valence-electron chi connectivity index (χ4n) is 6.41. The second-order valence-electron chi connectivity index (χ2n) is 14.4. The molecular weight excluding hydrogens is 634 g/mol. The molecule has 9 heteroatoms. The Bertz CT molecular complexity index is 837. The molecule has 0 aromatic rings. The molecule has 1 heterocycles. The minimum atomic E-state index is -1.57. The molecule has 0 aliphatic carbocycles. The van der Waals surface area contributed by atoms with Gasteiger partial charge in [-0.2, -0.15) is 0 Å². The Hall–Kier alpha value is -1.33. The Morgan fingerprint density at radius 2 is 1.14 bits per heavy atom. The fourth-order valence-corrected chi connectivity index (χ4v) is 6.41. The smallest absolute Gasteiger partial charge is 0.220 e. The summed E-state index contributed by atoms with van der Waals surface area (Å²) in [5.41, 5.74) is 0. The van der Waals surface area contributed by atoms with Crippen molar-refractivity contribution in [1.82, 2.24) is 5.32 Å². The fraction of sp³-hybridized carbons (Fsp3) is 0.878. The van der Waals surface area contributed by atoms with Crippen LogP contribution >= 0.6 is 0 Å². The predicted octanol–water partition coefficient (Wildman–Crippen LogP) is 7.55. The van der Waals surface area contributed by atoms with Crippen molar-refractivity contribution >= 4 is 5.91 Å². The molecular formula is C41H77NO8. The van der Waals surface area contributed by atoms with Crippen molar-refractivity contribution in [3.63, 3.8) is 0 Å². The van der Waals surface area contributed by atoms with E-state index in [1.807, 2.05) is 6.08 Å². The Morgan fingerprint density at radius 3 is 1.68 bits per heavy atom. The highest BCUT2D eigenvalue weighted by atomic mass is 16.7. The third-order valence-corrected chi connectivity index (χ3v) is 9.78. The molecule has 9 nitrogen and oxygen atoms in total. The Kier molecular flexibility index (Phi) is 30.2. The van der Waals surface area contributed by atoms with Crippen molar-refractivity contribution in [3.05, 3.63) is 24.3 Å². The van der Waals surface area contributed by atoms with Crippen LogP contribution in [0.25, 0.3) is 0 Å². The minimum Gasteiger partial charge on any atom is -0.394 e. The van der Waals surface area contributed by atoms with E-state index in [9.17, 15) is 30.3 Å². The average Bonchev–Trinajstić information content (AvgIpc) is 3.11. The zero-order valence-corrected chi connectivity index (χ0v) is 31.9. The van der Waals surface area contributed by atoms with Gasteiger partial charge < -0.3 is 40.3 Å². The highest BCUT2D eigenvalue weighted by Crippen LogP contribution is 2.22. The Balaban J connectivity index is 2.35. The summed E-state index contributed by atoms with van der Waals surface area (Å²) in [4.78, 5) is 12.9. The molecule has 0 spiro atoms. The van der Waals surface area contributed by atoms with E-state index >= 15 is 0 Å². The van der Waals surface area contributed by atoms with Crippen molar-refractivity contribution in [2.75, 3.05) is 13.2 Å². The molecule has 0 aromatic carbocycles. The van der Waals surface area contributed by atoms with Crippen LogP contribution in [0.1, 0.15) is 174 Å². The normalized spacial score (nSPS) is 22.4. The molecule has 0 radical (unpaired) electrons. The summed E-state index contributed by atoms with van der Waals surface area (Å²) in [6.07, 6.45) is 29.5. The van der Waals surface area contributed by atoms with Gasteiger partial charge in [-0.15, -0.1) is 0 Å². The van der Waals surface area contributed by atoms with Gasteiger partial charge in [-0.05, 0) is 32.1 Å². The number of aliphatic hydroxyl groups excluding tert-OH is 5. The molecule has 0 bridgehead atoms. The summed E-state index contributed by atoms with van der Waals surface area (Å²) in [6, 6.07) is -0.814. The highest BCUT2D eigenvalue weighted by molar-refractivity contribution is 5.76. The van der Waals surface area contributed by atoms with Gasteiger partial charge in [-0.25, -0.2) is 0 Å². The van der Waals surface area contributed by atoms with E-state index in [-0.39, 0.29) is 12.5 Å². The van der Waals surface area contributed by atoms with E-state index in [1.54, 1.807) is 6.08 Å². The van der Waals surface area contributed by atoms with Gasteiger partial charge in [0, 0.05) is 6.42 Å². The van der Waals surface area contributed by atoms with Crippen LogP contribution < -0.4 is 5.32 Å². The van der Waals surface area contributed by atoms with Crippen molar-refractivity contribution in [2.24, 2.45) is 0 Å². The molecule has 1 saturated heterocycles. The number of allylic oxidation sites excluding steroid dienone is 3. The second kappa shape index (κ2) is 32.3. The quantitative estimate of drug-likeness (QED) is 0.0302. The molecule has 1 aliphatic rings. The second-order valence-corrected chi connectivity index (χ2v) is 14.4. The molecule has 1 fully saturated rings. The molecule has 1 aliphatic heterocycles. The van der Waals surface area contributed by atoms with E-state index in [0.29, 0.717) is 6.42 Å². The maximum Gasteiger partial charge on any atom is 0.220 e. The molecule has 2 unspecified atom stereocenters. The molecule has 6 N–H and O–H groups in total. The maximum absolute atomic E-state index is 12.9. The number of amides is 1. The first-order chi connectivity index (χ1) is 24.3. The van der Waals surface area contributed by atoms with Crippen LogP contribution in [0.5, 0.6) is 0 Å². The summed E-state index contributed by atoms with van der Waals surface area (Å²) in [5, 5.41) is 53.8. The summed E-state index contributed by atoms with van der Waals surface area (Å²) in [7, 11) is 0. The van der Waals surface area contributed by atoms with Gasteiger partial charge in [-0.1, -0.05) is 160 Å². The third kappa shape index (κ3) is 23.3. The van der Waals surface area contributed by atoms with Gasteiger partial charge in [-0.3, -0.25) is 4.79 Å². The number of nitrogens with one attached hydrogen (secondary N) is 1. The molecule has 1 amide bonds. The zero-order valence-electron chi connectivity index (χ0n) is 31.9. The summed E-state index contributed by atoms with van der Waals surface area (Å²) in [6.45, 7) is 3.69. The van der Waals surface area contributed by atoms with Crippen LogP contribution in [0.3, 0.4) is 0 Å². The van der Waals surface area contributed by atoms with E-state index in [1.165, 1.54) is 116 Å². The standard InChI is InChI=1S/C41H77NO8/c1-3-5-7-9-11-13-14-15-16-17-18-19-20-21-23-25-27-29-31-37(45)42-34(35(44)30-28-26-24-22-12-10-8-6-4-2)33-49-41-40(48)39(47)38(46)36(32-43)50-41/h12,22,28,30,34-36,38-41,43-44,46-48H,3-11,13-21,23-27,29,31-33H2,1-2H3,(H,42,45)/b22-12+,30-28+/t34-,35+,36-,38-,39?,40?,41-/m0/s1. The van der Waals surface area contributed by atoms with Gasteiger partial charge in [0.25, 0.3) is 0 Å². The van der Waals surface area contributed by atoms with Gasteiger partial charge in [0.05, 0.1) is 25.4 Å². The first kappa shape index (κ1) is 46.7. The Labute approximate surface area is 305 Å². The van der Waals surface area contributed by atoms with Crippen molar-refractivity contribution < 1.29 is 39.8 Å². The monoisotopic (exact) mass is 712 g/mol. The summed E-state index contributed by atoms with van der Waals surface area (Å²) < 4.78 is 11.1. The van der Waals surface area contributed by atoms with Crippen LogP contribution in [-0.4, -0.2) is 87.5 Å².